The van der Waals surface area contributed by atoms with Crippen LogP contribution in [0, 0.1) is 0 Å². The Morgan fingerprint density at radius 1 is 1.04 bits per heavy atom. The number of carbonyl (C=O) groups excluding carboxylic acids is 1. The summed E-state index contributed by atoms with van der Waals surface area (Å²) in [5.41, 5.74) is 2.66. The molecule has 4 rings (SSSR count). The van der Waals surface area contributed by atoms with Crippen molar-refractivity contribution in [3.05, 3.63) is 82.3 Å². The van der Waals surface area contributed by atoms with Gasteiger partial charge in [0.05, 0.1) is 0 Å². The average Bonchev–Trinajstić information content (AvgIpc) is 3.11. The Balaban J connectivity index is 1.61. The first-order valence-corrected chi connectivity index (χ1v) is 8.99. The normalized spacial score (nSPS) is 11.1. The van der Waals surface area contributed by atoms with Crippen LogP contribution in [0.5, 0.6) is 0 Å². The van der Waals surface area contributed by atoms with E-state index in [1.807, 2.05) is 48.6 Å². The minimum atomic E-state index is -0.257. The highest BCUT2D eigenvalue weighted by Crippen LogP contribution is 2.19. The zero-order valence-corrected chi connectivity index (χ0v) is 15.6. The quantitative estimate of drug-likeness (QED) is 0.508. The molecule has 0 bridgehead atoms. The molecule has 2 aromatic heterocycles. The number of aromatic nitrogens is 4. The number of aromatic amines is 1. The molecule has 2 heterocycles. The van der Waals surface area contributed by atoms with Gasteiger partial charge >= 0.3 is 0 Å². The molecule has 6 nitrogen and oxygen atoms in total. The Morgan fingerprint density at radius 2 is 1.89 bits per heavy atom. The van der Waals surface area contributed by atoms with Gasteiger partial charge in [0, 0.05) is 10.0 Å². The van der Waals surface area contributed by atoms with Crippen LogP contribution in [0.4, 0.5) is 5.82 Å². The zero-order valence-electron chi connectivity index (χ0n) is 14.1. The van der Waals surface area contributed by atoms with Gasteiger partial charge in [-0.25, -0.2) is 15.0 Å². The number of fused-ring (bicyclic) bond motifs is 1. The molecule has 0 spiro atoms. The van der Waals surface area contributed by atoms with E-state index in [1.54, 1.807) is 18.2 Å². The molecular weight excluding hydrogens is 406 g/mol. The maximum atomic E-state index is 12.5. The fourth-order valence-corrected chi connectivity index (χ4v) is 2.97. The summed E-state index contributed by atoms with van der Waals surface area (Å²) in [5.74, 6) is 0.761. The van der Waals surface area contributed by atoms with Crippen LogP contribution in [0.1, 0.15) is 21.7 Å². The summed E-state index contributed by atoms with van der Waals surface area (Å²) < 4.78 is 0.831. The number of anilines is 1. The summed E-state index contributed by atoms with van der Waals surface area (Å²) in [6, 6.07) is 17.1. The number of rotatable bonds is 4. The van der Waals surface area contributed by atoms with Crippen LogP contribution in [-0.2, 0) is 0 Å². The van der Waals surface area contributed by atoms with Crippen molar-refractivity contribution in [3.8, 4) is 0 Å². The van der Waals surface area contributed by atoms with E-state index in [-0.39, 0.29) is 5.91 Å². The van der Waals surface area contributed by atoms with Gasteiger partial charge in [0.25, 0.3) is 5.91 Å². The highest BCUT2D eigenvalue weighted by Gasteiger charge is 2.13. The van der Waals surface area contributed by atoms with Crippen LogP contribution < -0.4 is 5.32 Å². The molecule has 0 radical (unpaired) electrons. The molecular formula is C20H14BrN5O. The molecule has 7 heteroatoms. The van der Waals surface area contributed by atoms with E-state index in [4.69, 9.17) is 0 Å². The monoisotopic (exact) mass is 419 g/mol. The Morgan fingerprint density at radius 3 is 2.70 bits per heavy atom. The molecule has 0 aliphatic carbocycles. The van der Waals surface area contributed by atoms with Crippen molar-refractivity contribution in [1.82, 2.24) is 19.9 Å². The molecule has 1 amide bonds. The maximum Gasteiger partial charge on any atom is 0.256 e. The SMILES string of the molecule is O=C(Nc1ncnc2nc(/C=C/c3ccccc3)[nH]c12)c1cccc(Br)c1. The molecule has 0 aliphatic rings. The highest BCUT2D eigenvalue weighted by molar-refractivity contribution is 9.10. The molecule has 0 atom stereocenters. The van der Waals surface area contributed by atoms with Crippen LogP contribution in [0.3, 0.4) is 0 Å². The fraction of sp³-hybridized carbons (Fsp3) is 0. The van der Waals surface area contributed by atoms with Crippen molar-refractivity contribution in [2.45, 2.75) is 0 Å². The topological polar surface area (TPSA) is 83.6 Å². The number of hydrogen-bond donors (Lipinski definition) is 2. The predicted molar refractivity (Wildman–Crippen MR) is 109 cm³/mol. The summed E-state index contributed by atoms with van der Waals surface area (Å²) >= 11 is 3.37. The summed E-state index contributed by atoms with van der Waals surface area (Å²) in [4.78, 5) is 28.4. The summed E-state index contributed by atoms with van der Waals surface area (Å²) in [5, 5.41) is 2.81. The minimum absolute atomic E-state index is 0.257. The van der Waals surface area contributed by atoms with Gasteiger partial charge in [0.1, 0.15) is 17.7 Å². The van der Waals surface area contributed by atoms with E-state index in [0.29, 0.717) is 28.4 Å². The molecule has 27 heavy (non-hydrogen) atoms. The summed E-state index contributed by atoms with van der Waals surface area (Å²) in [6.07, 6.45) is 5.19. The molecule has 2 N–H and O–H groups in total. The number of nitrogens with one attached hydrogen (secondary N) is 2. The molecule has 132 valence electrons. The lowest BCUT2D eigenvalue weighted by Crippen LogP contribution is -2.13. The highest BCUT2D eigenvalue weighted by atomic mass is 79.9. The number of benzene rings is 2. The van der Waals surface area contributed by atoms with E-state index in [2.05, 4.69) is 41.2 Å². The molecule has 0 fully saturated rings. The van der Waals surface area contributed by atoms with E-state index in [0.717, 1.165) is 10.0 Å². The number of H-pyrrole nitrogens is 1. The molecule has 0 aliphatic heterocycles. The van der Waals surface area contributed by atoms with Crippen molar-refractivity contribution < 1.29 is 4.79 Å². The number of imidazole rings is 1. The molecule has 4 aromatic rings. The maximum absolute atomic E-state index is 12.5. The van der Waals surface area contributed by atoms with Crippen LogP contribution in [0.2, 0.25) is 0 Å². The van der Waals surface area contributed by atoms with Gasteiger partial charge in [0.15, 0.2) is 11.5 Å². The number of carbonyl (C=O) groups is 1. The van der Waals surface area contributed by atoms with Gasteiger partial charge in [-0.05, 0) is 29.8 Å². The van der Waals surface area contributed by atoms with Gasteiger partial charge in [0.2, 0.25) is 0 Å². The van der Waals surface area contributed by atoms with Crippen LogP contribution in [-0.4, -0.2) is 25.8 Å². The molecule has 0 saturated heterocycles. The van der Waals surface area contributed by atoms with E-state index in [9.17, 15) is 4.79 Å². The second-order valence-electron chi connectivity index (χ2n) is 5.75. The lowest BCUT2D eigenvalue weighted by atomic mass is 10.2. The van der Waals surface area contributed by atoms with Crippen molar-refractivity contribution in [1.29, 1.82) is 0 Å². The third kappa shape index (κ3) is 3.93. The third-order valence-corrected chi connectivity index (χ3v) is 4.35. The summed E-state index contributed by atoms with van der Waals surface area (Å²) in [7, 11) is 0. The summed E-state index contributed by atoms with van der Waals surface area (Å²) in [6.45, 7) is 0. The van der Waals surface area contributed by atoms with Gasteiger partial charge < -0.3 is 10.3 Å². The molecule has 0 saturated carbocycles. The first-order valence-electron chi connectivity index (χ1n) is 8.20. The van der Waals surface area contributed by atoms with Gasteiger partial charge in [-0.3, -0.25) is 4.79 Å². The second kappa shape index (κ2) is 7.51. The Kier molecular flexibility index (Phi) is 4.76. The molecule has 0 unspecified atom stereocenters. The first kappa shape index (κ1) is 17.1. The van der Waals surface area contributed by atoms with E-state index < -0.39 is 0 Å². The largest absolute Gasteiger partial charge is 0.334 e. The number of halogens is 1. The van der Waals surface area contributed by atoms with Crippen LogP contribution >= 0.6 is 15.9 Å². The second-order valence-corrected chi connectivity index (χ2v) is 6.67. The Hall–Kier alpha value is -3.32. The molecule has 2 aromatic carbocycles. The Bertz CT molecular complexity index is 1140. The average molecular weight is 420 g/mol. The smallest absolute Gasteiger partial charge is 0.256 e. The van der Waals surface area contributed by atoms with Crippen molar-refractivity contribution in [2.75, 3.05) is 5.32 Å². The van der Waals surface area contributed by atoms with Gasteiger partial charge in [-0.1, -0.05) is 58.4 Å². The van der Waals surface area contributed by atoms with E-state index in [1.165, 1.54) is 6.33 Å². The van der Waals surface area contributed by atoms with Crippen molar-refractivity contribution >= 4 is 51.0 Å². The predicted octanol–water partition coefficient (Wildman–Crippen LogP) is 4.54. The number of nitrogens with zero attached hydrogens (tertiary/aromatic N) is 3. The minimum Gasteiger partial charge on any atom is -0.334 e. The van der Waals surface area contributed by atoms with E-state index >= 15 is 0 Å². The fourth-order valence-electron chi connectivity index (χ4n) is 2.57. The third-order valence-electron chi connectivity index (χ3n) is 3.86. The standard InChI is InChI=1S/C20H14BrN5O/c21-15-8-4-7-14(11-15)20(27)26-19-17-18(22-12-23-19)25-16(24-17)10-9-13-5-2-1-3-6-13/h1-12H,(H2,22,23,24,25,26,27)/b10-9+. The van der Waals surface area contributed by atoms with Crippen LogP contribution in [0.15, 0.2) is 65.4 Å². The van der Waals surface area contributed by atoms with Crippen molar-refractivity contribution in [2.24, 2.45) is 0 Å². The van der Waals surface area contributed by atoms with Gasteiger partial charge in [-0.2, -0.15) is 0 Å². The van der Waals surface area contributed by atoms with Crippen LogP contribution in [0.25, 0.3) is 23.3 Å². The number of amides is 1. The first-order chi connectivity index (χ1) is 13.2. The zero-order chi connectivity index (χ0) is 18.6. The van der Waals surface area contributed by atoms with Gasteiger partial charge in [-0.15, -0.1) is 0 Å². The lowest BCUT2D eigenvalue weighted by molar-refractivity contribution is 0.102. The lowest BCUT2D eigenvalue weighted by Gasteiger charge is -2.05. The Labute approximate surface area is 163 Å². The number of hydrogen-bond acceptors (Lipinski definition) is 4. The van der Waals surface area contributed by atoms with Crippen molar-refractivity contribution in [3.63, 3.8) is 0 Å².